The van der Waals surface area contributed by atoms with E-state index in [0.717, 1.165) is 12.8 Å². The number of rotatable bonds is 11. The lowest BCUT2D eigenvalue weighted by atomic mass is 10.1. The van der Waals surface area contributed by atoms with E-state index in [4.69, 9.17) is 4.74 Å². The van der Waals surface area contributed by atoms with Crippen molar-refractivity contribution >= 4 is 15.7 Å². The average molecular weight is 452 g/mol. The Balaban J connectivity index is 1.64. The number of aryl methyl sites for hydroxylation is 1. The highest BCUT2D eigenvalue weighted by Gasteiger charge is 2.18. The van der Waals surface area contributed by atoms with Gasteiger partial charge in [0.2, 0.25) is 0 Å². The molecule has 0 atom stereocenters. The van der Waals surface area contributed by atoms with Gasteiger partial charge < -0.3 is 9.64 Å². The van der Waals surface area contributed by atoms with Crippen LogP contribution in [0.3, 0.4) is 0 Å². The fourth-order valence-corrected chi connectivity index (χ4v) is 4.86. The summed E-state index contributed by atoms with van der Waals surface area (Å²) in [5, 5.41) is 0. The maximum atomic E-state index is 13.1. The third-order valence-electron chi connectivity index (χ3n) is 5.25. The number of benzene rings is 3. The van der Waals surface area contributed by atoms with Gasteiger partial charge in [-0.05, 0) is 48.2 Å². The molecule has 0 aliphatic heterocycles. The molecule has 0 N–H and O–H groups in total. The third-order valence-corrected chi connectivity index (χ3v) is 6.95. The van der Waals surface area contributed by atoms with Crippen LogP contribution in [0.5, 0.6) is 0 Å². The number of ether oxygens (including phenoxy) is 1. The Kier molecular flexibility index (Phi) is 8.59. The van der Waals surface area contributed by atoms with Crippen LogP contribution in [-0.2, 0) is 26.7 Å². The van der Waals surface area contributed by atoms with E-state index in [-0.39, 0.29) is 11.7 Å². The summed E-state index contributed by atoms with van der Waals surface area (Å²) < 4.78 is 30.4. The Morgan fingerprint density at radius 1 is 0.812 bits per heavy atom. The SMILES string of the molecule is COCCN(CCCc1ccccc1)C(=O)c1ccc(CS(=O)(=O)c2ccccc2)cc1. The Morgan fingerprint density at radius 2 is 1.44 bits per heavy atom. The van der Waals surface area contributed by atoms with Gasteiger partial charge in [-0.25, -0.2) is 8.42 Å². The van der Waals surface area contributed by atoms with Crippen LogP contribution in [0.2, 0.25) is 0 Å². The third kappa shape index (κ3) is 6.77. The van der Waals surface area contributed by atoms with Gasteiger partial charge in [-0.2, -0.15) is 0 Å². The molecule has 0 aliphatic rings. The van der Waals surface area contributed by atoms with Crippen LogP contribution in [0.15, 0.2) is 89.8 Å². The van der Waals surface area contributed by atoms with Gasteiger partial charge in [-0.3, -0.25) is 4.79 Å². The number of hydrogen-bond acceptors (Lipinski definition) is 4. The summed E-state index contributed by atoms with van der Waals surface area (Å²) in [5.74, 6) is -0.178. The molecular formula is C26H29NO4S. The predicted octanol–water partition coefficient (Wildman–Crippen LogP) is 4.38. The summed E-state index contributed by atoms with van der Waals surface area (Å²) in [6, 6.07) is 25.4. The Bertz CT molecular complexity index is 1080. The normalized spacial score (nSPS) is 11.3. The van der Waals surface area contributed by atoms with Gasteiger partial charge in [0.25, 0.3) is 5.91 Å². The van der Waals surface area contributed by atoms with Gasteiger partial charge in [-0.1, -0.05) is 60.7 Å². The van der Waals surface area contributed by atoms with E-state index >= 15 is 0 Å². The number of carbonyl (C=O) groups is 1. The zero-order valence-corrected chi connectivity index (χ0v) is 19.1. The highest BCUT2D eigenvalue weighted by atomic mass is 32.2. The van der Waals surface area contributed by atoms with Crippen molar-refractivity contribution in [1.29, 1.82) is 0 Å². The van der Waals surface area contributed by atoms with Crippen molar-refractivity contribution in [2.45, 2.75) is 23.5 Å². The van der Waals surface area contributed by atoms with Crippen LogP contribution in [0.4, 0.5) is 0 Å². The maximum absolute atomic E-state index is 13.1. The van der Waals surface area contributed by atoms with Crippen molar-refractivity contribution in [2.75, 3.05) is 26.8 Å². The summed E-state index contributed by atoms with van der Waals surface area (Å²) in [6.07, 6.45) is 1.75. The zero-order valence-electron chi connectivity index (χ0n) is 18.3. The predicted molar refractivity (Wildman–Crippen MR) is 126 cm³/mol. The van der Waals surface area contributed by atoms with Crippen molar-refractivity contribution in [3.63, 3.8) is 0 Å². The molecule has 0 bridgehead atoms. The van der Waals surface area contributed by atoms with E-state index in [1.807, 2.05) is 18.2 Å². The van der Waals surface area contributed by atoms with E-state index in [2.05, 4.69) is 12.1 Å². The summed E-state index contributed by atoms with van der Waals surface area (Å²) in [4.78, 5) is 15.2. The van der Waals surface area contributed by atoms with Crippen molar-refractivity contribution in [3.05, 3.63) is 102 Å². The van der Waals surface area contributed by atoms with Crippen LogP contribution in [0, 0.1) is 0 Å². The minimum atomic E-state index is -3.43. The van der Waals surface area contributed by atoms with Crippen LogP contribution < -0.4 is 0 Å². The molecule has 0 saturated heterocycles. The van der Waals surface area contributed by atoms with Crippen molar-refractivity contribution < 1.29 is 17.9 Å². The van der Waals surface area contributed by atoms with Gasteiger partial charge in [0.15, 0.2) is 9.84 Å². The molecule has 0 radical (unpaired) electrons. The van der Waals surface area contributed by atoms with Gasteiger partial charge >= 0.3 is 0 Å². The monoisotopic (exact) mass is 451 g/mol. The Morgan fingerprint density at radius 3 is 2.06 bits per heavy atom. The topological polar surface area (TPSA) is 63.7 Å². The minimum Gasteiger partial charge on any atom is -0.383 e. The number of carbonyl (C=O) groups excluding carboxylic acids is 1. The molecule has 0 aromatic heterocycles. The molecule has 6 heteroatoms. The number of nitrogens with zero attached hydrogens (tertiary/aromatic N) is 1. The molecule has 0 fully saturated rings. The first-order valence-corrected chi connectivity index (χ1v) is 12.3. The van der Waals surface area contributed by atoms with Gasteiger partial charge in [0.05, 0.1) is 17.3 Å². The smallest absolute Gasteiger partial charge is 0.253 e. The molecule has 168 valence electrons. The first kappa shape index (κ1) is 23.7. The Labute approximate surface area is 190 Å². The number of sulfone groups is 1. The summed E-state index contributed by atoms with van der Waals surface area (Å²) in [6.45, 7) is 1.60. The molecule has 0 aliphatic carbocycles. The molecule has 0 unspecified atom stereocenters. The van der Waals surface area contributed by atoms with E-state index in [1.165, 1.54) is 5.56 Å². The molecule has 3 rings (SSSR count). The van der Waals surface area contributed by atoms with Crippen LogP contribution in [0.25, 0.3) is 0 Å². The quantitative estimate of drug-likeness (QED) is 0.434. The first-order valence-electron chi connectivity index (χ1n) is 10.7. The molecule has 3 aromatic carbocycles. The standard InChI is InChI=1S/C26H29NO4S/c1-31-20-19-27(18-8-11-22-9-4-2-5-10-22)26(28)24-16-14-23(15-17-24)21-32(29,30)25-12-6-3-7-13-25/h2-7,9-10,12-17H,8,11,18-21H2,1H3. The van der Waals surface area contributed by atoms with E-state index < -0.39 is 9.84 Å². The largest absolute Gasteiger partial charge is 0.383 e. The second-order valence-electron chi connectivity index (χ2n) is 7.64. The molecule has 5 nitrogen and oxygen atoms in total. The highest BCUT2D eigenvalue weighted by molar-refractivity contribution is 7.90. The second kappa shape index (κ2) is 11.6. The second-order valence-corrected chi connectivity index (χ2v) is 9.63. The van der Waals surface area contributed by atoms with E-state index in [9.17, 15) is 13.2 Å². The average Bonchev–Trinajstić information content (AvgIpc) is 2.82. The molecule has 0 saturated carbocycles. The molecule has 0 spiro atoms. The molecular weight excluding hydrogens is 422 g/mol. The highest BCUT2D eigenvalue weighted by Crippen LogP contribution is 2.17. The number of methoxy groups -OCH3 is 1. The van der Waals surface area contributed by atoms with Crippen LogP contribution in [0.1, 0.15) is 27.9 Å². The van der Waals surface area contributed by atoms with Gasteiger partial charge in [0.1, 0.15) is 0 Å². The van der Waals surface area contributed by atoms with Gasteiger partial charge in [0, 0.05) is 25.8 Å². The van der Waals surface area contributed by atoms with Crippen molar-refractivity contribution in [3.8, 4) is 0 Å². The summed E-state index contributed by atoms with van der Waals surface area (Å²) >= 11 is 0. The lowest BCUT2D eigenvalue weighted by Gasteiger charge is -2.22. The lowest BCUT2D eigenvalue weighted by molar-refractivity contribution is 0.0693. The van der Waals surface area contributed by atoms with Gasteiger partial charge in [-0.15, -0.1) is 0 Å². The fraction of sp³-hybridized carbons (Fsp3) is 0.269. The molecule has 32 heavy (non-hydrogen) atoms. The number of hydrogen-bond donors (Lipinski definition) is 0. The van der Waals surface area contributed by atoms with Crippen LogP contribution >= 0.6 is 0 Å². The van der Waals surface area contributed by atoms with E-state index in [1.54, 1.807) is 66.6 Å². The van der Waals surface area contributed by atoms with Crippen LogP contribution in [-0.4, -0.2) is 46.0 Å². The first-order chi connectivity index (χ1) is 15.5. The molecule has 0 heterocycles. The molecule has 3 aromatic rings. The Hall–Kier alpha value is -2.96. The van der Waals surface area contributed by atoms with E-state index in [0.29, 0.717) is 35.7 Å². The summed E-state index contributed by atoms with van der Waals surface area (Å²) in [7, 11) is -1.81. The minimum absolute atomic E-state index is 0.0763. The number of amides is 1. The zero-order chi connectivity index (χ0) is 22.8. The molecule has 1 amide bonds. The van der Waals surface area contributed by atoms with Crippen molar-refractivity contribution in [1.82, 2.24) is 4.90 Å². The lowest BCUT2D eigenvalue weighted by Crippen LogP contribution is -2.35. The summed E-state index contributed by atoms with van der Waals surface area (Å²) in [5.41, 5.74) is 2.44. The van der Waals surface area contributed by atoms with Crippen molar-refractivity contribution in [2.24, 2.45) is 0 Å². The maximum Gasteiger partial charge on any atom is 0.253 e. The fourth-order valence-electron chi connectivity index (χ4n) is 3.49.